The number of benzene rings is 2. The fourth-order valence-corrected chi connectivity index (χ4v) is 3.74. The molecule has 0 radical (unpaired) electrons. The Morgan fingerprint density at radius 1 is 1.23 bits per heavy atom. The molecule has 2 heterocycles. The lowest BCUT2D eigenvalue weighted by Gasteiger charge is -2.19. The van der Waals surface area contributed by atoms with Gasteiger partial charge in [-0.1, -0.05) is 17.7 Å². The number of carbonyl (C=O) groups is 2. The lowest BCUT2D eigenvalue weighted by atomic mass is 10.2. The summed E-state index contributed by atoms with van der Waals surface area (Å²) >= 11 is 6.31. The smallest absolute Gasteiger partial charge is 0.262 e. The minimum absolute atomic E-state index is 0.0797. The molecule has 0 bridgehead atoms. The quantitative estimate of drug-likeness (QED) is 0.651. The van der Waals surface area contributed by atoms with Crippen molar-refractivity contribution >= 4 is 34.8 Å². The van der Waals surface area contributed by atoms with Crippen molar-refractivity contribution in [1.82, 2.24) is 4.57 Å². The van der Waals surface area contributed by atoms with Crippen LogP contribution in [0.1, 0.15) is 21.7 Å². The molecule has 0 atom stereocenters. The third-order valence-electron chi connectivity index (χ3n) is 4.94. The summed E-state index contributed by atoms with van der Waals surface area (Å²) in [6, 6.07) is 12.6. The van der Waals surface area contributed by atoms with Crippen LogP contribution in [-0.2, 0) is 4.79 Å². The number of amides is 2. The Kier molecular flexibility index (Phi) is 5.13. The maximum absolute atomic E-state index is 13.0. The Morgan fingerprint density at radius 3 is 2.80 bits per heavy atom. The molecule has 0 spiro atoms. The number of nitrogens with zero attached hydrogens (tertiary/aromatic N) is 1. The van der Waals surface area contributed by atoms with Crippen LogP contribution in [0.2, 0.25) is 5.02 Å². The number of aryl methyl sites for hydroxylation is 1. The zero-order valence-electron chi connectivity index (χ0n) is 16.7. The zero-order chi connectivity index (χ0) is 21.4. The van der Waals surface area contributed by atoms with E-state index in [1.54, 1.807) is 19.2 Å². The number of fused-ring (bicyclic) bond motifs is 1. The topological polar surface area (TPSA) is 81.6 Å². The second-order valence-corrected chi connectivity index (χ2v) is 7.35. The predicted octanol–water partition coefficient (Wildman–Crippen LogP) is 4.34. The molecule has 2 N–H and O–H groups in total. The normalized spacial score (nSPS) is 12.6. The van der Waals surface area contributed by atoms with E-state index in [1.165, 1.54) is 0 Å². The van der Waals surface area contributed by atoms with Gasteiger partial charge < -0.3 is 24.7 Å². The molecular formula is C22H20ClN3O4. The summed E-state index contributed by atoms with van der Waals surface area (Å²) in [7, 11) is 1.62. The molecule has 0 aliphatic carbocycles. The Bertz CT molecular complexity index is 1170. The number of halogens is 1. The number of rotatable bonds is 4. The average molecular weight is 426 g/mol. The number of hydrogen-bond donors (Lipinski definition) is 2. The van der Waals surface area contributed by atoms with Crippen LogP contribution >= 0.6 is 11.6 Å². The highest BCUT2D eigenvalue weighted by atomic mass is 35.5. The van der Waals surface area contributed by atoms with Crippen LogP contribution in [0.15, 0.2) is 42.5 Å². The van der Waals surface area contributed by atoms with E-state index in [1.807, 2.05) is 48.7 Å². The summed E-state index contributed by atoms with van der Waals surface area (Å²) < 4.78 is 12.7. The van der Waals surface area contributed by atoms with E-state index in [-0.39, 0.29) is 18.4 Å². The zero-order valence-corrected chi connectivity index (χ0v) is 17.5. The van der Waals surface area contributed by atoms with E-state index in [2.05, 4.69) is 10.6 Å². The Balaban J connectivity index is 1.64. The van der Waals surface area contributed by atoms with Crippen LogP contribution in [0.5, 0.6) is 11.5 Å². The Morgan fingerprint density at radius 2 is 2.03 bits per heavy atom. The van der Waals surface area contributed by atoms with Crippen molar-refractivity contribution in [1.29, 1.82) is 0 Å². The molecule has 1 aliphatic heterocycles. The van der Waals surface area contributed by atoms with Gasteiger partial charge >= 0.3 is 0 Å². The first-order chi connectivity index (χ1) is 14.4. The molecule has 2 amide bonds. The molecule has 0 unspecified atom stereocenters. The average Bonchev–Trinajstić information content (AvgIpc) is 3.03. The number of carbonyl (C=O) groups excluding carboxylic acids is 2. The molecule has 4 rings (SSSR count). The Labute approximate surface area is 178 Å². The Hall–Kier alpha value is -3.45. The van der Waals surface area contributed by atoms with Crippen molar-refractivity contribution in [3.63, 3.8) is 0 Å². The molecule has 0 saturated carbocycles. The van der Waals surface area contributed by atoms with E-state index in [9.17, 15) is 9.59 Å². The number of methoxy groups -OCH3 is 1. The van der Waals surface area contributed by atoms with Crippen molar-refractivity contribution < 1.29 is 19.1 Å². The van der Waals surface area contributed by atoms with E-state index in [0.29, 0.717) is 27.7 Å². The largest absolute Gasteiger partial charge is 0.497 e. The van der Waals surface area contributed by atoms with Gasteiger partial charge in [-0.15, -0.1) is 0 Å². The van der Waals surface area contributed by atoms with Crippen molar-refractivity contribution in [3.8, 4) is 17.2 Å². The van der Waals surface area contributed by atoms with Gasteiger partial charge in [0, 0.05) is 29.2 Å². The van der Waals surface area contributed by atoms with Gasteiger partial charge in [0.2, 0.25) is 0 Å². The predicted molar refractivity (Wildman–Crippen MR) is 115 cm³/mol. The third kappa shape index (κ3) is 3.59. The van der Waals surface area contributed by atoms with Gasteiger partial charge in [0.1, 0.15) is 11.5 Å². The first-order valence-corrected chi connectivity index (χ1v) is 9.66. The van der Waals surface area contributed by atoms with Gasteiger partial charge in [-0.2, -0.15) is 0 Å². The van der Waals surface area contributed by atoms with Gasteiger partial charge in [-0.05, 0) is 38.1 Å². The van der Waals surface area contributed by atoms with Crippen LogP contribution in [0, 0.1) is 13.8 Å². The van der Waals surface area contributed by atoms with E-state index < -0.39 is 0 Å². The van der Waals surface area contributed by atoms with Crippen LogP contribution in [0.4, 0.5) is 11.4 Å². The van der Waals surface area contributed by atoms with E-state index in [4.69, 9.17) is 21.1 Å². The minimum Gasteiger partial charge on any atom is -0.497 e. The summed E-state index contributed by atoms with van der Waals surface area (Å²) in [5, 5.41) is 5.83. The van der Waals surface area contributed by atoms with Gasteiger partial charge in [0.05, 0.1) is 29.1 Å². The highest BCUT2D eigenvalue weighted by Crippen LogP contribution is 2.36. The van der Waals surface area contributed by atoms with Crippen molar-refractivity contribution in [2.24, 2.45) is 0 Å². The summed E-state index contributed by atoms with van der Waals surface area (Å²) in [6.07, 6.45) is 0. The standard InChI is InChI=1S/C22H20ClN3O4/c1-12-7-16(13(2)26(12)14-5-4-6-15(8-14)29-3)22(28)25-18-10-20-19(9-17(18)23)24-21(27)11-30-20/h4-10H,11H2,1-3H3,(H,24,27)(H,25,28). The minimum atomic E-state index is -0.293. The van der Waals surface area contributed by atoms with E-state index in [0.717, 1.165) is 22.8 Å². The molecule has 8 heteroatoms. The van der Waals surface area contributed by atoms with Crippen molar-refractivity contribution in [2.75, 3.05) is 24.4 Å². The maximum atomic E-state index is 13.0. The monoisotopic (exact) mass is 425 g/mol. The summed E-state index contributed by atoms with van der Waals surface area (Å²) in [5.74, 6) is 0.648. The molecule has 30 heavy (non-hydrogen) atoms. The molecule has 154 valence electrons. The van der Waals surface area contributed by atoms with Crippen LogP contribution in [-0.4, -0.2) is 30.1 Å². The molecule has 2 aromatic carbocycles. The number of nitrogens with one attached hydrogen (secondary N) is 2. The molecule has 1 aliphatic rings. The lowest BCUT2D eigenvalue weighted by molar-refractivity contribution is -0.118. The fraction of sp³-hybridized carbons (Fsp3) is 0.182. The lowest BCUT2D eigenvalue weighted by Crippen LogP contribution is -2.25. The van der Waals surface area contributed by atoms with Crippen LogP contribution in [0.25, 0.3) is 5.69 Å². The van der Waals surface area contributed by atoms with Gasteiger partial charge in [-0.25, -0.2) is 0 Å². The van der Waals surface area contributed by atoms with E-state index >= 15 is 0 Å². The highest BCUT2D eigenvalue weighted by Gasteiger charge is 2.21. The summed E-state index contributed by atoms with van der Waals surface area (Å²) in [6.45, 7) is 3.74. The first kappa shape index (κ1) is 19.8. The van der Waals surface area contributed by atoms with Crippen LogP contribution in [0.3, 0.4) is 0 Å². The molecule has 3 aromatic rings. The summed E-state index contributed by atoms with van der Waals surface area (Å²) in [5.41, 5.74) is 4.01. The number of hydrogen-bond acceptors (Lipinski definition) is 4. The second-order valence-electron chi connectivity index (χ2n) is 6.94. The highest BCUT2D eigenvalue weighted by molar-refractivity contribution is 6.34. The van der Waals surface area contributed by atoms with Crippen molar-refractivity contribution in [2.45, 2.75) is 13.8 Å². The number of ether oxygens (including phenoxy) is 2. The molecule has 7 nitrogen and oxygen atoms in total. The van der Waals surface area contributed by atoms with Gasteiger partial charge in [0.15, 0.2) is 6.61 Å². The number of aromatic nitrogens is 1. The molecular weight excluding hydrogens is 406 g/mol. The second kappa shape index (κ2) is 7.76. The third-order valence-corrected chi connectivity index (χ3v) is 5.25. The van der Waals surface area contributed by atoms with Crippen LogP contribution < -0.4 is 20.1 Å². The van der Waals surface area contributed by atoms with Gasteiger partial charge in [0.25, 0.3) is 11.8 Å². The molecule has 0 fully saturated rings. The molecule has 0 saturated heterocycles. The van der Waals surface area contributed by atoms with Crippen molar-refractivity contribution in [3.05, 3.63) is 64.4 Å². The number of anilines is 2. The van der Waals surface area contributed by atoms with Gasteiger partial charge in [-0.3, -0.25) is 9.59 Å². The SMILES string of the molecule is COc1cccc(-n2c(C)cc(C(=O)Nc3cc4c(cc3Cl)NC(=O)CO4)c2C)c1. The summed E-state index contributed by atoms with van der Waals surface area (Å²) in [4.78, 5) is 24.5. The molecule has 1 aromatic heterocycles. The fourth-order valence-electron chi connectivity index (χ4n) is 3.53. The first-order valence-electron chi connectivity index (χ1n) is 9.28. The maximum Gasteiger partial charge on any atom is 0.262 e.